The molecule has 3 saturated heterocycles. The van der Waals surface area contributed by atoms with Gasteiger partial charge in [0.1, 0.15) is 22.9 Å². The maximum Gasteiger partial charge on any atom is 0.341 e. The first-order chi connectivity index (χ1) is 11.7. The summed E-state index contributed by atoms with van der Waals surface area (Å²) < 4.78 is 12.2. The second kappa shape index (κ2) is 4.01. The number of fused-ring (bicyclic) bond motifs is 1. The third-order valence-electron chi connectivity index (χ3n) is 7.52. The van der Waals surface area contributed by atoms with Gasteiger partial charge in [-0.25, -0.2) is 4.79 Å². The molecule has 3 fully saturated rings. The highest BCUT2D eigenvalue weighted by atomic mass is 16.6. The van der Waals surface area contributed by atoms with E-state index in [2.05, 4.69) is 0 Å². The van der Waals surface area contributed by atoms with E-state index in [0.29, 0.717) is 12.8 Å². The monoisotopic (exact) mass is 346 g/mol. The molecule has 3 aliphatic heterocycles. The lowest BCUT2D eigenvalue weighted by atomic mass is 9.59. The highest BCUT2D eigenvalue weighted by Crippen LogP contribution is 2.74. The lowest BCUT2D eigenvalue weighted by Gasteiger charge is -2.49. The van der Waals surface area contributed by atoms with Crippen LogP contribution in [0.4, 0.5) is 0 Å². The van der Waals surface area contributed by atoms with Crippen LogP contribution in [-0.2, 0) is 19.1 Å². The second-order valence-electron chi connectivity index (χ2n) is 8.58. The van der Waals surface area contributed by atoms with E-state index in [0.717, 1.165) is 0 Å². The summed E-state index contributed by atoms with van der Waals surface area (Å²) in [5.74, 6) is -1.35. The van der Waals surface area contributed by atoms with E-state index in [4.69, 9.17) is 9.47 Å². The molecule has 0 aromatic carbocycles. The molecule has 0 aromatic rings. The molecule has 6 heteroatoms. The van der Waals surface area contributed by atoms with Gasteiger partial charge >= 0.3 is 5.97 Å². The molecule has 7 atom stereocenters. The number of aliphatic hydroxyl groups is 2. The van der Waals surface area contributed by atoms with Crippen molar-refractivity contribution in [2.24, 2.45) is 17.3 Å². The average Bonchev–Trinajstić information content (AvgIpc) is 3.02. The Morgan fingerprint density at radius 3 is 2.68 bits per heavy atom. The van der Waals surface area contributed by atoms with Crippen LogP contribution in [0.2, 0.25) is 0 Å². The molecule has 0 radical (unpaired) electrons. The minimum absolute atomic E-state index is 0.0347. The fraction of sp³-hybridized carbons (Fsp3) is 0.684. The Balaban J connectivity index is 1.94. The Morgan fingerprint density at radius 1 is 1.24 bits per heavy atom. The van der Waals surface area contributed by atoms with Crippen LogP contribution < -0.4 is 0 Å². The molecule has 6 nitrogen and oxygen atoms in total. The number of ketones is 1. The number of carbonyl (C=O) groups is 2. The van der Waals surface area contributed by atoms with E-state index in [9.17, 15) is 19.8 Å². The first kappa shape index (κ1) is 15.6. The van der Waals surface area contributed by atoms with Crippen molar-refractivity contribution in [3.8, 4) is 0 Å². The molecule has 0 aromatic heterocycles. The summed E-state index contributed by atoms with van der Waals surface area (Å²) in [6, 6.07) is 0. The number of rotatable bonds is 0. The van der Waals surface area contributed by atoms with E-state index in [1.165, 1.54) is 0 Å². The third kappa shape index (κ3) is 1.24. The van der Waals surface area contributed by atoms with Crippen molar-refractivity contribution in [1.29, 1.82) is 0 Å². The largest absolute Gasteiger partial charge is 0.512 e. The van der Waals surface area contributed by atoms with Crippen LogP contribution >= 0.6 is 0 Å². The van der Waals surface area contributed by atoms with Crippen molar-refractivity contribution >= 4 is 11.8 Å². The summed E-state index contributed by atoms with van der Waals surface area (Å²) in [6.45, 7) is 5.54. The molecule has 2 bridgehead atoms. The molecular formula is C19H22O6. The summed E-state index contributed by atoms with van der Waals surface area (Å²) in [4.78, 5) is 26.3. The van der Waals surface area contributed by atoms with Crippen molar-refractivity contribution in [2.75, 3.05) is 0 Å². The van der Waals surface area contributed by atoms with Crippen molar-refractivity contribution < 1.29 is 29.3 Å². The minimum Gasteiger partial charge on any atom is -0.512 e. The molecule has 5 rings (SSSR count). The Labute approximate surface area is 145 Å². The highest BCUT2D eigenvalue weighted by molar-refractivity contribution is 6.03. The molecule has 2 aliphatic carbocycles. The maximum absolute atomic E-state index is 13.5. The average molecular weight is 346 g/mol. The predicted octanol–water partition coefficient (Wildman–Crippen LogP) is 1.58. The fourth-order valence-electron chi connectivity index (χ4n) is 6.09. The summed E-state index contributed by atoms with van der Waals surface area (Å²) in [5, 5.41) is 22.1. The normalized spacial score (nSPS) is 58.8. The van der Waals surface area contributed by atoms with Crippen molar-refractivity contribution in [2.45, 2.75) is 62.9 Å². The molecule has 3 heterocycles. The molecule has 5 aliphatic rings. The lowest BCUT2D eigenvalue weighted by Crippen LogP contribution is -2.63. The van der Waals surface area contributed by atoms with Gasteiger partial charge in [0.2, 0.25) is 0 Å². The van der Waals surface area contributed by atoms with Gasteiger partial charge in [0.05, 0.1) is 5.60 Å². The summed E-state index contributed by atoms with van der Waals surface area (Å²) >= 11 is 0. The molecule has 134 valence electrons. The van der Waals surface area contributed by atoms with Crippen molar-refractivity contribution in [3.63, 3.8) is 0 Å². The number of esters is 1. The lowest BCUT2D eigenvalue weighted by molar-refractivity contribution is -0.221. The van der Waals surface area contributed by atoms with E-state index in [1.54, 1.807) is 26.0 Å². The summed E-state index contributed by atoms with van der Waals surface area (Å²) in [5.41, 5.74) is -4.97. The zero-order valence-electron chi connectivity index (χ0n) is 14.5. The molecule has 25 heavy (non-hydrogen) atoms. The van der Waals surface area contributed by atoms with Crippen LogP contribution in [-0.4, -0.2) is 44.9 Å². The van der Waals surface area contributed by atoms with Gasteiger partial charge in [-0.1, -0.05) is 19.9 Å². The standard InChI is InChI=1S/C19H22O6/c1-9-4-5-11(20)12-14(22)24-17-6-7-18(13(9)21)15(23)16(3,10(2)8-17)25-19(12,17)18/h6-7,9-10,15,20,23H,4-5,8H2,1-3H3/b12-11+/t9-,10+,15-,16+,17+,18-,19-/m1/s1. The first-order valence-electron chi connectivity index (χ1n) is 8.95. The Bertz CT molecular complexity index is 798. The van der Waals surface area contributed by atoms with Gasteiger partial charge in [-0.05, 0) is 31.8 Å². The number of aliphatic hydroxyl groups excluding tert-OH is 2. The zero-order chi connectivity index (χ0) is 18.0. The number of ether oxygens (including phenoxy) is 2. The van der Waals surface area contributed by atoms with Gasteiger partial charge < -0.3 is 19.7 Å². The van der Waals surface area contributed by atoms with E-state index in [1.807, 2.05) is 6.92 Å². The predicted molar refractivity (Wildman–Crippen MR) is 85.5 cm³/mol. The second-order valence-corrected chi connectivity index (χ2v) is 8.58. The van der Waals surface area contributed by atoms with Crippen molar-refractivity contribution in [3.05, 3.63) is 23.5 Å². The SMILES string of the molecule is C[C@@H]1CC/C(O)=C2/C(=O)O[C@]34C=C[C@@]5(C1=O)[C@H](O)[C@@](C)(O[C@]235)[C@@H](C)C4. The molecule has 0 amide bonds. The van der Waals surface area contributed by atoms with Gasteiger partial charge in [0, 0.05) is 12.3 Å². The number of hydrogen-bond acceptors (Lipinski definition) is 6. The number of hydrogen-bond donors (Lipinski definition) is 2. The number of carbonyl (C=O) groups excluding carboxylic acids is 2. The van der Waals surface area contributed by atoms with E-state index < -0.39 is 34.3 Å². The van der Waals surface area contributed by atoms with Crippen LogP contribution in [0.5, 0.6) is 0 Å². The van der Waals surface area contributed by atoms with Crippen LogP contribution in [0, 0.1) is 17.3 Å². The highest BCUT2D eigenvalue weighted by Gasteiger charge is 2.89. The van der Waals surface area contributed by atoms with Crippen molar-refractivity contribution in [1.82, 2.24) is 0 Å². The third-order valence-corrected chi connectivity index (χ3v) is 7.52. The van der Waals surface area contributed by atoms with Crippen LogP contribution in [0.1, 0.15) is 40.0 Å². The topological polar surface area (TPSA) is 93.1 Å². The Hall–Kier alpha value is -1.66. The smallest absolute Gasteiger partial charge is 0.341 e. The Kier molecular flexibility index (Phi) is 2.50. The van der Waals surface area contributed by atoms with E-state index in [-0.39, 0.29) is 35.4 Å². The molecular weight excluding hydrogens is 324 g/mol. The summed E-state index contributed by atoms with van der Waals surface area (Å²) in [6.07, 6.45) is 3.39. The molecule has 1 spiro atoms. The number of allylic oxidation sites excluding steroid dienone is 1. The van der Waals surface area contributed by atoms with Gasteiger partial charge in [0.25, 0.3) is 0 Å². The number of Topliss-reactive ketones (excluding diaryl/α,β-unsaturated/α-hetero) is 1. The van der Waals surface area contributed by atoms with Crippen LogP contribution in [0.25, 0.3) is 0 Å². The molecule has 0 saturated carbocycles. The van der Waals surface area contributed by atoms with Crippen LogP contribution in [0.3, 0.4) is 0 Å². The fourth-order valence-corrected chi connectivity index (χ4v) is 6.09. The van der Waals surface area contributed by atoms with Gasteiger partial charge in [0.15, 0.2) is 17.0 Å². The molecule has 0 unspecified atom stereocenters. The minimum atomic E-state index is -1.46. The zero-order valence-corrected chi connectivity index (χ0v) is 14.5. The van der Waals surface area contributed by atoms with Gasteiger partial charge in [-0.3, -0.25) is 4.79 Å². The van der Waals surface area contributed by atoms with Gasteiger partial charge in [-0.2, -0.15) is 0 Å². The Morgan fingerprint density at radius 2 is 1.96 bits per heavy atom. The quantitative estimate of drug-likeness (QED) is 0.511. The first-order valence-corrected chi connectivity index (χ1v) is 8.95. The van der Waals surface area contributed by atoms with Crippen LogP contribution in [0.15, 0.2) is 23.5 Å². The van der Waals surface area contributed by atoms with E-state index >= 15 is 0 Å². The maximum atomic E-state index is 13.5. The van der Waals surface area contributed by atoms with Gasteiger partial charge in [-0.15, -0.1) is 0 Å². The molecule has 2 N–H and O–H groups in total. The summed E-state index contributed by atoms with van der Waals surface area (Å²) in [7, 11) is 0.